The number of amides is 1. The van der Waals surface area contributed by atoms with Crippen molar-refractivity contribution in [3.8, 4) is 0 Å². The van der Waals surface area contributed by atoms with E-state index < -0.39 is 11.7 Å². The Kier molecular flexibility index (Phi) is 5.23. The highest BCUT2D eigenvalue weighted by atomic mass is 19.1. The second-order valence-corrected chi connectivity index (χ2v) is 5.76. The van der Waals surface area contributed by atoms with Crippen molar-refractivity contribution >= 4 is 5.91 Å². The largest absolute Gasteiger partial charge is 0.303 e. The fourth-order valence-corrected chi connectivity index (χ4v) is 2.66. The minimum absolute atomic E-state index is 0.0344. The second-order valence-electron chi connectivity index (χ2n) is 5.76. The molecular formula is C19H20FN3O. The monoisotopic (exact) mass is 325 g/mol. The Hall–Kier alpha value is -2.66. The molecule has 0 aromatic heterocycles. The van der Waals surface area contributed by atoms with Gasteiger partial charge in [0, 0.05) is 31.8 Å². The zero-order valence-electron chi connectivity index (χ0n) is 13.3. The maximum atomic E-state index is 13.6. The van der Waals surface area contributed by atoms with Crippen molar-refractivity contribution in [1.29, 1.82) is 0 Å². The molecular weight excluding hydrogens is 305 g/mol. The van der Waals surface area contributed by atoms with Gasteiger partial charge < -0.3 is 5.43 Å². The number of halogens is 1. The van der Waals surface area contributed by atoms with Crippen LogP contribution in [-0.4, -0.2) is 23.9 Å². The van der Waals surface area contributed by atoms with E-state index in [4.69, 9.17) is 0 Å². The number of carbonyl (C=O) groups excluding carboxylic acids is 1. The molecule has 1 aliphatic heterocycles. The summed E-state index contributed by atoms with van der Waals surface area (Å²) >= 11 is 0. The van der Waals surface area contributed by atoms with Crippen molar-refractivity contribution in [2.24, 2.45) is 0 Å². The van der Waals surface area contributed by atoms with E-state index in [1.165, 1.54) is 17.7 Å². The van der Waals surface area contributed by atoms with Gasteiger partial charge in [0.05, 0.1) is 5.56 Å². The number of nitrogens with one attached hydrogen (secondary N) is 2. The van der Waals surface area contributed by atoms with Gasteiger partial charge in [0.1, 0.15) is 5.82 Å². The molecule has 2 N–H and O–H groups in total. The minimum Gasteiger partial charge on any atom is -0.303 e. The molecule has 5 heteroatoms. The van der Waals surface area contributed by atoms with Crippen molar-refractivity contribution in [3.63, 3.8) is 0 Å². The molecule has 4 nitrogen and oxygen atoms in total. The lowest BCUT2D eigenvalue weighted by Gasteiger charge is -2.26. The smallest absolute Gasteiger partial charge is 0.272 e. The number of benzene rings is 2. The Balaban J connectivity index is 1.49. The molecule has 0 saturated carbocycles. The molecule has 0 fully saturated rings. The van der Waals surface area contributed by atoms with Crippen LogP contribution in [0.3, 0.4) is 0 Å². The lowest BCUT2D eigenvalue weighted by atomic mass is 10.1. The van der Waals surface area contributed by atoms with E-state index in [1.54, 1.807) is 12.1 Å². The third-order valence-corrected chi connectivity index (χ3v) is 4.00. The Bertz CT molecular complexity index is 730. The normalized spacial score (nSPS) is 14.8. The van der Waals surface area contributed by atoms with E-state index in [2.05, 4.69) is 27.9 Å². The second kappa shape index (κ2) is 7.75. The molecule has 1 heterocycles. The summed E-state index contributed by atoms with van der Waals surface area (Å²) in [5.74, 6) is -0.996. The number of hydrazine groups is 1. The van der Waals surface area contributed by atoms with Gasteiger partial charge in [-0.3, -0.25) is 15.1 Å². The molecule has 1 aliphatic rings. The standard InChI is InChI=1S/C19H20FN3O/c20-18-9-5-4-8-17(18)19(24)22-21-16-10-12-23(13-11-16)14-15-6-2-1-3-7-15/h1-10,21H,11-14H2,(H,22,24). The van der Waals surface area contributed by atoms with Crippen LogP contribution in [0.4, 0.5) is 4.39 Å². The van der Waals surface area contributed by atoms with Gasteiger partial charge in [-0.05, 0) is 23.8 Å². The summed E-state index contributed by atoms with van der Waals surface area (Å²) in [4.78, 5) is 14.3. The molecule has 2 aromatic rings. The van der Waals surface area contributed by atoms with Crippen LogP contribution in [0.1, 0.15) is 22.3 Å². The van der Waals surface area contributed by atoms with Gasteiger partial charge in [0.25, 0.3) is 5.91 Å². The van der Waals surface area contributed by atoms with Crippen LogP contribution in [0.5, 0.6) is 0 Å². The lowest BCUT2D eigenvalue weighted by molar-refractivity contribution is 0.0933. The average Bonchev–Trinajstić information content (AvgIpc) is 2.62. The van der Waals surface area contributed by atoms with Crippen molar-refractivity contribution in [2.45, 2.75) is 13.0 Å². The van der Waals surface area contributed by atoms with Gasteiger partial charge in [0.2, 0.25) is 0 Å². The highest BCUT2D eigenvalue weighted by molar-refractivity contribution is 5.94. The topological polar surface area (TPSA) is 44.4 Å². The summed E-state index contributed by atoms with van der Waals surface area (Å²) in [5.41, 5.74) is 7.73. The minimum atomic E-state index is -0.525. The zero-order valence-corrected chi connectivity index (χ0v) is 13.3. The van der Waals surface area contributed by atoms with Crippen molar-refractivity contribution < 1.29 is 9.18 Å². The summed E-state index contributed by atoms with van der Waals surface area (Å²) in [6.45, 7) is 2.63. The van der Waals surface area contributed by atoms with E-state index in [-0.39, 0.29) is 5.56 Å². The first-order chi connectivity index (χ1) is 11.7. The summed E-state index contributed by atoms with van der Waals surface area (Å²) in [6.07, 6.45) is 2.86. The van der Waals surface area contributed by atoms with Crippen LogP contribution < -0.4 is 10.9 Å². The van der Waals surface area contributed by atoms with E-state index in [0.717, 1.165) is 31.8 Å². The average molecular weight is 325 g/mol. The first-order valence-electron chi connectivity index (χ1n) is 7.98. The fraction of sp³-hybridized carbons (Fsp3) is 0.211. The predicted molar refractivity (Wildman–Crippen MR) is 91.4 cm³/mol. The molecule has 0 radical (unpaired) electrons. The van der Waals surface area contributed by atoms with E-state index in [9.17, 15) is 9.18 Å². The van der Waals surface area contributed by atoms with Crippen LogP contribution in [0.15, 0.2) is 66.4 Å². The maximum absolute atomic E-state index is 13.6. The Morgan fingerprint density at radius 2 is 1.83 bits per heavy atom. The van der Waals surface area contributed by atoms with Crippen LogP contribution in [0.2, 0.25) is 0 Å². The number of rotatable bonds is 5. The molecule has 0 spiro atoms. The highest BCUT2D eigenvalue weighted by Gasteiger charge is 2.14. The molecule has 2 aromatic carbocycles. The first-order valence-corrected chi connectivity index (χ1v) is 7.98. The third kappa shape index (κ3) is 4.20. The SMILES string of the molecule is O=C(NNC1=CCN(Cc2ccccc2)CC1)c1ccccc1F. The summed E-state index contributed by atoms with van der Waals surface area (Å²) in [6, 6.07) is 16.3. The van der Waals surface area contributed by atoms with Gasteiger partial charge in [-0.15, -0.1) is 0 Å². The first kappa shape index (κ1) is 16.2. The fourth-order valence-electron chi connectivity index (χ4n) is 2.66. The number of nitrogens with zero attached hydrogens (tertiary/aromatic N) is 1. The zero-order chi connectivity index (χ0) is 16.8. The predicted octanol–water partition coefficient (Wildman–Crippen LogP) is 2.85. The molecule has 1 amide bonds. The summed E-state index contributed by atoms with van der Waals surface area (Å²) in [5, 5.41) is 0. The molecule has 0 aliphatic carbocycles. The van der Waals surface area contributed by atoms with Crippen LogP contribution in [-0.2, 0) is 6.54 Å². The molecule has 0 atom stereocenters. The van der Waals surface area contributed by atoms with Gasteiger partial charge in [-0.1, -0.05) is 42.5 Å². The van der Waals surface area contributed by atoms with Gasteiger partial charge >= 0.3 is 0 Å². The summed E-state index contributed by atoms with van der Waals surface area (Å²) < 4.78 is 13.6. The van der Waals surface area contributed by atoms with Crippen molar-refractivity contribution in [1.82, 2.24) is 15.8 Å². The van der Waals surface area contributed by atoms with E-state index in [1.807, 2.05) is 24.3 Å². The van der Waals surface area contributed by atoms with Crippen LogP contribution in [0.25, 0.3) is 0 Å². The van der Waals surface area contributed by atoms with Crippen molar-refractivity contribution in [2.75, 3.05) is 13.1 Å². The molecule has 24 heavy (non-hydrogen) atoms. The molecule has 0 saturated heterocycles. The van der Waals surface area contributed by atoms with Crippen LogP contribution >= 0.6 is 0 Å². The van der Waals surface area contributed by atoms with E-state index >= 15 is 0 Å². The molecule has 3 rings (SSSR count). The lowest BCUT2D eigenvalue weighted by Crippen LogP contribution is -2.40. The van der Waals surface area contributed by atoms with Crippen molar-refractivity contribution in [3.05, 3.63) is 83.3 Å². The van der Waals surface area contributed by atoms with Gasteiger partial charge in [-0.25, -0.2) is 4.39 Å². The molecule has 124 valence electrons. The Morgan fingerprint density at radius 1 is 1.08 bits per heavy atom. The summed E-state index contributed by atoms with van der Waals surface area (Å²) in [7, 11) is 0. The maximum Gasteiger partial charge on any atom is 0.272 e. The van der Waals surface area contributed by atoms with Crippen LogP contribution in [0, 0.1) is 5.82 Å². The number of hydrogen-bond acceptors (Lipinski definition) is 3. The number of carbonyl (C=O) groups is 1. The molecule has 0 unspecified atom stereocenters. The highest BCUT2D eigenvalue weighted by Crippen LogP contribution is 2.12. The van der Waals surface area contributed by atoms with E-state index in [0.29, 0.717) is 0 Å². The number of hydrogen-bond donors (Lipinski definition) is 2. The Morgan fingerprint density at radius 3 is 2.54 bits per heavy atom. The molecule has 0 bridgehead atoms. The quantitative estimate of drug-likeness (QED) is 0.831. The van der Waals surface area contributed by atoms with Gasteiger partial charge in [0.15, 0.2) is 0 Å². The van der Waals surface area contributed by atoms with Gasteiger partial charge in [-0.2, -0.15) is 0 Å². The third-order valence-electron chi connectivity index (χ3n) is 4.00. The Labute approximate surface area is 141 Å².